The summed E-state index contributed by atoms with van der Waals surface area (Å²) in [5.74, 6) is -1.36. The van der Waals surface area contributed by atoms with Crippen LogP contribution in [0.1, 0.15) is 6.92 Å². The summed E-state index contributed by atoms with van der Waals surface area (Å²) >= 11 is 1.51. The molecular weight excluding hydrogens is 290 g/mol. The van der Waals surface area contributed by atoms with Gasteiger partial charge in [-0.2, -0.15) is 0 Å². The monoisotopic (exact) mass is 305 g/mol. The summed E-state index contributed by atoms with van der Waals surface area (Å²) in [6.45, 7) is 2.58. The van der Waals surface area contributed by atoms with E-state index in [9.17, 15) is 9.59 Å². The Kier molecular flexibility index (Phi) is 3.50. The number of carbonyl (C=O) groups excluding carboxylic acids is 1. The molecule has 2 heterocycles. The summed E-state index contributed by atoms with van der Waals surface area (Å²) in [6.07, 6.45) is 0. The first-order valence-corrected chi connectivity index (χ1v) is 7.54. The van der Waals surface area contributed by atoms with Gasteiger partial charge in [-0.1, -0.05) is 6.92 Å². The van der Waals surface area contributed by atoms with Crippen LogP contribution in [0.2, 0.25) is 0 Å². The van der Waals surface area contributed by atoms with Crippen LogP contribution in [0.25, 0.3) is 10.2 Å². The molecule has 0 radical (unpaired) electrons. The van der Waals surface area contributed by atoms with E-state index in [1.807, 2.05) is 19.1 Å². The lowest BCUT2D eigenvalue weighted by atomic mass is 9.99. The molecule has 1 aliphatic rings. The fraction of sp³-hybridized carbons (Fsp3) is 0.357. The molecule has 0 spiro atoms. The van der Waals surface area contributed by atoms with Gasteiger partial charge in [-0.3, -0.25) is 4.79 Å². The van der Waals surface area contributed by atoms with Crippen molar-refractivity contribution in [1.29, 1.82) is 0 Å². The van der Waals surface area contributed by atoms with E-state index in [0.717, 1.165) is 10.2 Å². The number of aliphatic carboxylic acids is 1. The number of thiazole rings is 1. The van der Waals surface area contributed by atoms with E-state index in [1.54, 1.807) is 16.5 Å². The number of urea groups is 1. The molecular formula is C14H15N3O3S. The van der Waals surface area contributed by atoms with Crippen LogP contribution < -0.4 is 5.32 Å². The SMILES string of the molecule is CC1CN(C(=O)Nc2ccc3ncsc3c2)CC1C(=O)O. The van der Waals surface area contributed by atoms with Crippen molar-refractivity contribution in [1.82, 2.24) is 9.88 Å². The van der Waals surface area contributed by atoms with E-state index in [0.29, 0.717) is 12.2 Å². The first-order valence-electron chi connectivity index (χ1n) is 6.66. The molecule has 21 heavy (non-hydrogen) atoms. The molecule has 2 N–H and O–H groups in total. The molecule has 1 aromatic carbocycles. The zero-order valence-electron chi connectivity index (χ0n) is 11.4. The molecule has 2 unspecified atom stereocenters. The van der Waals surface area contributed by atoms with Crippen molar-refractivity contribution < 1.29 is 14.7 Å². The second-order valence-electron chi connectivity index (χ2n) is 5.29. The number of hydrogen-bond acceptors (Lipinski definition) is 4. The molecule has 1 aliphatic heterocycles. The summed E-state index contributed by atoms with van der Waals surface area (Å²) in [5, 5.41) is 11.9. The van der Waals surface area contributed by atoms with Gasteiger partial charge in [0.05, 0.1) is 21.6 Å². The summed E-state index contributed by atoms with van der Waals surface area (Å²) in [7, 11) is 0. The highest BCUT2D eigenvalue weighted by Gasteiger charge is 2.36. The van der Waals surface area contributed by atoms with Crippen LogP contribution >= 0.6 is 11.3 Å². The summed E-state index contributed by atoms with van der Waals surface area (Å²) < 4.78 is 1.01. The Bertz CT molecular complexity index is 700. The van der Waals surface area contributed by atoms with E-state index in [2.05, 4.69) is 10.3 Å². The van der Waals surface area contributed by atoms with Crippen LogP contribution in [-0.2, 0) is 4.79 Å². The normalized spacial score (nSPS) is 21.7. The van der Waals surface area contributed by atoms with Gasteiger partial charge in [0.25, 0.3) is 0 Å². The third-order valence-corrected chi connectivity index (χ3v) is 4.59. The number of anilines is 1. The quantitative estimate of drug-likeness (QED) is 0.893. The summed E-state index contributed by atoms with van der Waals surface area (Å²) in [6, 6.07) is 5.27. The highest BCUT2D eigenvalue weighted by molar-refractivity contribution is 7.16. The van der Waals surface area contributed by atoms with Crippen molar-refractivity contribution in [2.75, 3.05) is 18.4 Å². The Morgan fingerprint density at radius 1 is 1.43 bits per heavy atom. The molecule has 3 rings (SSSR count). The number of carboxylic acids is 1. The lowest BCUT2D eigenvalue weighted by Crippen LogP contribution is -2.33. The van der Waals surface area contributed by atoms with E-state index < -0.39 is 11.9 Å². The zero-order valence-corrected chi connectivity index (χ0v) is 12.3. The van der Waals surface area contributed by atoms with Crippen LogP contribution in [0.4, 0.5) is 10.5 Å². The maximum atomic E-state index is 12.2. The number of nitrogens with one attached hydrogen (secondary N) is 1. The van der Waals surface area contributed by atoms with Gasteiger partial charge in [-0.05, 0) is 24.1 Å². The van der Waals surface area contributed by atoms with E-state index in [4.69, 9.17) is 5.11 Å². The Hall–Kier alpha value is -2.15. The van der Waals surface area contributed by atoms with Gasteiger partial charge in [-0.15, -0.1) is 11.3 Å². The number of carboxylic acid groups (broad SMARTS) is 1. The van der Waals surface area contributed by atoms with Gasteiger partial charge in [0, 0.05) is 18.8 Å². The maximum absolute atomic E-state index is 12.2. The minimum atomic E-state index is -0.844. The molecule has 6 nitrogen and oxygen atoms in total. The van der Waals surface area contributed by atoms with Crippen LogP contribution in [-0.4, -0.2) is 40.1 Å². The number of rotatable bonds is 2. The standard InChI is InChI=1S/C14H15N3O3S/c1-8-5-17(6-10(8)13(18)19)14(20)16-9-2-3-11-12(4-9)21-7-15-11/h2-4,7-8,10H,5-6H2,1H3,(H,16,20)(H,18,19). The summed E-state index contributed by atoms with van der Waals surface area (Å²) in [4.78, 5) is 29.0. The molecule has 0 bridgehead atoms. The lowest BCUT2D eigenvalue weighted by Gasteiger charge is -2.16. The van der Waals surface area contributed by atoms with Crippen LogP contribution in [0.3, 0.4) is 0 Å². The Balaban J connectivity index is 1.70. The Labute approximate surface area is 125 Å². The fourth-order valence-corrected chi connectivity index (χ4v) is 3.31. The second-order valence-corrected chi connectivity index (χ2v) is 6.18. The molecule has 1 fully saturated rings. The second kappa shape index (κ2) is 5.33. The van der Waals surface area contributed by atoms with Gasteiger partial charge in [0.15, 0.2) is 0 Å². The van der Waals surface area contributed by atoms with Gasteiger partial charge < -0.3 is 15.3 Å². The number of benzene rings is 1. The molecule has 2 aromatic rings. The van der Waals surface area contributed by atoms with Crippen LogP contribution in [0, 0.1) is 11.8 Å². The number of amides is 2. The average Bonchev–Trinajstić information content (AvgIpc) is 3.04. The predicted molar refractivity (Wildman–Crippen MR) is 80.5 cm³/mol. The third-order valence-electron chi connectivity index (χ3n) is 3.80. The smallest absolute Gasteiger partial charge is 0.321 e. The Morgan fingerprint density at radius 2 is 2.24 bits per heavy atom. The molecule has 1 aromatic heterocycles. The third kappa shape index (κ3) is 2.69. The highest BCUT2D eigenvalue weighted by atomic mass is 32.1. The average molecular weight is 305 g/mol. The summed E-state index contributed by atoms with van der Waals surface area (Å²) in [5.41, 5.74) is 3.36. The fourth-order valence-electron chi connectivity index (χ4n) is 2.59. The number of carbonyl (C=O) groups is 2. The number of aromatic nitrogens is 1. The molecule has 0 saturated carbocycles. The largest absolute Gasteiger partial charge is 0.481 e. The Morgan fingerprint density at radius 3 is 2.95 bits per heavy atom. The van der Waals surface area contributed by atoms with Crippen molar-refractivity contribution in [2.45, 2.75) is 6.92 Å². The van der Waals surface area contributed by atoms with Crippen molar-refractivity contribution in [3.63, 3.8) is 0 Å². The van der Waals surface area contributed by atoms with Crippen molar-refractivity contribution in [2.24, 2.45) is 11.8 Å². The highest BCUT2D eigenvalue weighted by Crippen LogP contribution is 2.25. The van der Waals surface area contributed by atoms with Gasteiger partial charge in [0.2, 0.25) is 0 Å². The molecule has 110 valence electrons. The van der Waals surface area contributed by atoms with Crippen LogP contribution in [0.15, 0.2) is 23.7 Å². The van der Waals surface area contributed by atoms with Crippen LogP contribution in [0.5, 0.6) is 0 Å². The number of fused-ring (bicyclic) bond motifs is 1. The number of likely N-dealkylation sites (tertiary alicyclic amines) is 1. The predicted octanol–water partition coefficient (Wildman–Crippen LogP) is 2.48. The minimum Gasteiger partial charge on any atom is -0.481 e. The lowest BCUT2D eigenvalue weighted by molar-refractivity contribution is -0.142. The molecule has 1 saturated heterocycles. The van der Waals surface area contributed by atoms with E-state index in [1.165, 1.54) is 11.3 Å². The first-order chi connectivity index (χ1) is 10.0. The van der Waals surface area contributed by atoms with Gasteiger partial charge in [0.1, 0.15) is 0 Å². The minimum absolute atomic E-state index is 0.0303. The van der Waals surface area contributed by atoms with Crippen molar-refractivity contribution >= 4 is 39.2 Å². The molecule has 2 atom stereocenters. The molecule has 0 aliphatic carbocycles. The van der Waals surface area contributed by atoms with E-state index in [-0.39, 0.29) is 18.5 Å². The number of hydrogen-bond donors (Lipinski definition) is 2. The maximum Gasteiger partial charge on any atom is 0.321 e. The number of nitrogens with zero attached hydrogens (tertiary/aromatic N) is 2. The topological polar surface area (TPSA) is 82.5 Å². The molecule has 2 amide bonds. The van der Waals surface area contributed by atoms with Gasteiger partial charge in [-0.25, -0.2) is 9.78 Å². The van der Waals surface area contributed by atoms with Gasteiger partial charge >= 0.3 is 12.0 Å². The van der Waals surface area contributed by atoms with Crippen molar-refractivity contribution in [3.8, 4) is 0 Å². The van der Waals surface area contributed by atoms with E-state index >= 15 is 0 Å². The molecule has 7 heteroatoms. The first kappa shape index (κ1) is 13.8. The van der Waals surface area contributed by atoms with Crippen molar-refractivity contribution in [3.05, 3.63) is 23.7 Å². The zero-order chi connectivity index (χ0) is 15.0.